The Bertz CT molecular complexity index is 721. The molecule has 24 heavy (non-hydrogen) atoms. The van der Waals surface area contributed by atoms with E-state index in [1.54, 1.807) is 7.11 Å². The standard InChI is InChI=1S/C19H21BrN2O2/c1-3-17(14-7-5-4-6-8-14)22-12-11-21(19(22)23)15-9-10-16(20)18(13-15)24-2/h4-10,13,17H,3,11-12H2,1-2H3/t17-/m1/s1. The number of urea groups is 1. The lowest BCUT2D eigenvalue weighted by molar-refractivity contribution is 0.199. The molecule has 0 spiro atoms. The highest BCUT2D eigenvalue weighted by molar-refractivity contribution is 9.10. The first-order chi connectivity index (χ1) is 11.7. The molecule has 1 aliphatic rings. The van der Waals surface area contributed by atoms with Crippen LogP contribution < -0.4 is 9.64 Å². The molecule has 0 aliphatic carbocycles. The van der Waals surface area contributed by atoms with Gasteiger partial charge in [0, 0.05) is 24.8 Å². The van der Waals surface area contributed by atoms with E-state index in [4.69, 9.17) is 4.74 Å². The van der Waals surface area contributed by atoms with E-state index >= 15 is 0 Å². The zero-order valence-corrected chi connectivity index (χ0v) is 15.5. The number of rotatable bonds is 5. The number of anilines is 1. The molecule has 5 heteroatoms. The van der Waals surface area contributed by atoms with Crippen molar-refractivity contribution in [2.24, 2.45) is 0 Å². The Morgan fingerprint density at radius 2 is 1.92 bits per heavy atom. The lowest BCUT2D eigenvalue weighted by atomic mass is 10.0. The van der Waals surface area contributed by atoms with E-state index in [0.29, 0.717) is 6.54 Å². The highest BCUT2D eigenvalue weighted by Crippen LogP contribution is 2.34. The van der Waals surface area contributed by atoms with Crippen molar-refractivity contribution >= 4 is 27.6 Å². The topological polar surface area (TPSA) is 32.8 Å². The van der Waals surface area contributed by atoms with Crippen molar-refractivity contribution in [3.05, 3.63) is 58.6 Å². The van der Waals surface area contributed by atoms with Crippen molar-refractivity contribution in [1.82, 2.24) is 4.90 Å². The van der Waals surface area contributed by atoms with Gasteiger partial charge in [-0.05, 0) is 40.0 Å². The van der Waals surface area contributed by atoms with Gasteiger partial charge in [-0.3, -0.25) is 4.90 Å². The van der Waals surface area contributed by atoms with Gasteiger partial charge in [0.2, 0.25) is 0 Å². The smallest absolute Gasteiger partial charge is 0.325 e. The van der Waals surface area contributed by atoms with Crippen LogP contribution in [0.3, 0.4) is 0 Å². The molecule has 0 saturated carbocycles. The van der Waals surface area contributed by atoms with Gasteiger partial charge in [0.05, 0.1) is 17.6 Å². The van der Waals surface area contributed by atoms with E-state index < -0.39 is 0 Å². The summed E-state index contributed by atoms with van der Waals surface area (Å²) in [5.74, 6) is 0.730. The first kappa shape index (κ1) is 16.8. The second-order valence-corrected chi connectivity index (χ2v) is 6.64. The van der Waals surface area contributed by atoms with Gasteiger partial charge >= 0.3 is 6.03 Å². The summed E-state index contributed by atoms with van der Waals surface area (Å²) in [5, 5.41) is 0. The molecule has 0 bridgehead atoms. The molecule has 2 amide bonds. The van der Waals surface area contributed by atoms with Crippen molar-refractivity contribution in [2.75, 3.05) is 25.1 Å². The summed E-state index contributed by atoms with van der Waals surface area (Å²) in [7, 11) is 1.63. The molecular formula is C19H21BrN2O2. The maximum absolute atomic E-state index is 13.0. The van der Waals surface area contributed by atoms with Crippen LogP contribution in [0.15, 0.2) is 53.0 Å². The number of methoxy groups -OCH3 is 1. The Balaban J connectivity index is 1.84. The maximum Gasteiger partial charge on any atom is 0.325 e. The number of hydrogen-bond acceptors (Lipinski definition) is 2. The average molecular weight is 389 g/mol. The highest BCUT2D eigenvalue weighted by atomic mass is 79.9. The summed E-state index contributed by atoms with van der Waals surface area (Å²) in [5.41, 5.74) is 2.05. The summed E-state index contributed by atoms with van der Waals surface area (Å²) in [6.45, 7) is 3.54. The molecular weight excluding hydrogens is 368 g/mol. The molecule has 126 valence electrons. The molecule has 1 atom stereocenters. The van der Waals surface area contributed by atoms with Crippen molar-refractivity contribution in [1.29, 1.82) is 0 Å². The minimum atomic E-state index is 0.0510. The first-order valence-corrected chi connectivity index (χ1v) is 8.91. The van der Waals surface area contributed by atoms with Gasteiger partial charge < -0.3 is 9.64 Å². The van der Waals surface area contributed by atoms with E-state index in [1.165, 1.54) is 5.56 Å². The fourth-order valence-electron chi connectivity index (χ4n) is 3.21. The number of carbonyl (C=O) groups excluding carboxylic acids is 1. The Kier molecular flexibility index (Phi) is 5.09. The predicted molar refractivity (Wildman–Crippen MR) is 99.6 cm³/mol. The lowest BCUT2D eigenvalue weighted by Gasteiger charge is -2.27. The molecule has 0 aromatic heterocycles. The zero-order chi connectivity index (χ0) is 17.1. The number of benzene rings is 2. The summed E-state index contributed by atoms with van der Waals surface area (Å²) in [6, 6.07) is 16.1. The van der Waals surface area contributed by atoms with E-state index in [1.807, 2.05) is 46.2 Å². The molecule has 1 fully saturated rings. The van der Waals surface area contributed by atoms with Gasteiger partial charge in [0.25, 0.3) is 0 Å². The van der Waals surface area contributed by atoms with Crippen LogP contribution in [0.25, 0.3) is 0 Å². The molecule has 0 N–H and O–H groups in total. The van der Waals surface area contributed by atoms with Crippen molar-refractivity contribution < 1.29 is 9.53 Å². The molecule has 2 aromatic rings. The monoisotopic (exact) mass is 388 g/mol. The van der Waals surface area contributed by atoms with E-state index in [-0.39, 0.29) is 12.1 Å². The summed E-state index contributed by atoms with van der Waals surface area (Å²) < 4.78 is 6.23. The molecule has 4 nitrogen and oxygen atoms in total. The molecule has 0 radical (unpaired) electrons. The molecule has 0 unspecified atom stereocenters. The first-order valence-electron chi connectivity index (χ1n) is 8.12. The van der Waals surface area contributed by atoms with Gasteiger partial charge in [0.15, 0.2) is 0 Å². The predicted octanol–water partition coefficient (Wildman–Crippen LogP) is 4.85. The number of amides is 2. The Morgan fingerprint density at radius 1 is 1.17 bits per heavy atom. The van der Waals surface area contributed by atoms with Crippen LogP contribution in [-0.2, 0) is 0 Å². The Hall–Kier alpha value is -2.01. The molecule has 1 saturated heterocycles. The summed E-state index contributed by atoms with van der Waals surface area (Å²) in [6.07, 6.45) is 0.896. The second-order valence-electron chi connectivity index (χ2n) is 5.78. The van der Waals surface area contributed by atoms with Crippen LogP contribution in [-0.4, -0.2) is 31.1 Å². The quantitative estimate of drug-likeness (QED) is 0.732. The second kappa shape index (κ2) is 7.26. The minimum absolute atomic E-state index is 0.0510. The fraction of sp³-hybridized carbons (Fsp3) is 0.316. The van der Waals surface area contributed by atoms with Crippen LogP contribution in [0.1, 0.15) is 24.9 Å². The minimum Gasteiger partial charge on any atom is -0.495 e. The van der Waals surface area contributed by atoms with Gasteiger partial charge in [-0.15, -0.1) is 0 Å². The maximum atomic E-state index is 13.0. The van der Waals surface area contributed by atoms with Crippen LogP contribution in [0.5, 0.6) is 5.75 Å². The van der Waals surface area contributed by atoms with Crippen LogP contribution in [0, 0.1) is 0 Å². The third-order valence-electron chi connectivity index (χ3n) is 4.43. The van der Waals surface area contributed by atoms with Crippen LogP contribution >= 0.6 is 15.9 Å². The fourth-order valence-corrected chi connectivity index (χ4v) is 3.62. The average Bonchev–Trinajstić information content (AvgIpc) is 2.99. The molecule has 2 aromatic carbocycles. The number of ether oxygens (including phenoxy) is 1. The van der Waals surface area contributed by atoms with E-state index in [9.17, 15) is 4.79 Å². The molecule has 1 aliphatic heterocycles. The van der Waals surface area contributed by atoms with Crippen LogP contribution in [0.4, 0.5) is 10.5 Å². The SMILES string of the molecule is CC[C@H](c1ccccc1)N1CCN(c2ccc(Br)c(OC)c2)C1=O. The van der Waals surface area contributed by atoms with Gasteiger partial charge in [-0.1, -0.05) is 37.3 Å². The third kappa shape index (κ3) is 3.13. The largest absolute Gasteiger partial charge is 0.495 e. The van der Waals surface area contributed by atoms with E-state index in [2.05, 4.69) is 35.0 Å². The number of nitrogens with zero attached hydrogens (tertiary/aromatic N) is 2. The Labute approximate surface area is 151 Å². The Morgan fingerprint density at radius 3 is 2.58 bits per heavy atom. The number of carbonyl (C=O) groups is 1. The number of hydrogen-bond donors (Lipinski definition) is 0. The van der Waals surface area contributed by atoms with Crippen molar-refractivity contribution in [3.8, 4) is 5.75 Å². The summed E-state index contributed by atoms with van der Waals surface area (Å²) in [4.78, 5) is 16.7. The van der Waals surface area contributed by atoms with Crippen molar-refractivity contribution in [3.63, 3.8) is 0 Å². The number of halogens is 1. The summed E-state index contributed by atoms with van der Waals surface area (Å²) >= 11 is 3.45. The van der Waals surface area contributed by atoms with Gasteiger partial charge in [0.1, 0.15) is 5.75 Å². The van der Waals surface area contributed by atoms with E-state index in [0.717, 1.165) is 28.9 Å². The third-order valence-corrected chi connectivity index (χ3v) is 5.09. The van der Waals surface area contributed by atoms with Gasteiger partial charge in [-0.2, -0.15) is 0 Å². The molecule has 1 heterocycles. The van der Waals surface area contributed by atoms with Crippen LogP contribution in [0.2, 0.25) is 0 Å². The highest BCUT2D eigenvalue weighted by Gasteiger charge is 2.34. The van der Waals surface area contributed by atoms with Gasteiger partial charge in [-0.25, -0.2) is 4.79 Å². The normalized spacial score (nSPS) is 15.7. The lowest BCUT2D eigenvalue weighted by Crippen LogP contribution is -2.34. The molecule has 3 rings (SSSR count). The van der Waals surface area contributed by atoms with Crippen molar-refractivity contribution in [2.45, 2.75) is 19.4 Å². The zero-order valence-electron chi connectivity index (χ0n) is 13.9.